The van der Waals surface area contributed by atoms with Gasteiger partial charge in [-0.3, -0.25) is 4.79 Å². The van der Waals surface area contributed by atoms with Crippen LogP contribution in [0.25, 0.3) is 11.1 Å². The van der Waals surface area contributed by atoms with Crippen LogP contribution in [0.5, 0.6) is 0 Å². The molecule has 3 rings (SSSR count). The van der Waals surface area contributed by atoms with Gasteiger partial charge in [-0.05, 0) is 36.1 Å². The smallest absolute Gasteiger partial charge is 0.220 e. The van der Waals surface area contributed by atoms with E-state index in [0.29, 0.717) is 0 Å². The number of nitrogens with zero attached hydrogens (tertiary/aromatic N) is 1. The van der Waals surface area contributed by atoms with Gasteiger partial charge in [-0.15, -0.1) is 0 Å². The Labute approximate surface area is 125 Å². The van der Waals surface area contributed by atoms with Crippen LogP contribution in [-0.4, -0.2) is 19.0 Å². The number of carbonyl (C=O) groups excluding carboxylic acids is 1. The summed E-state index contributed by atoms with van der Waals surface area (Å²) in [5, 5.41) is 0. The second-order valence-corrected chi connectivity index (χ2v) is 5.58. The number of anilines is 1. The summed E-state index contributed by atoms with van der Waals surface area (Å²) in [7, 11) is 0. The Morgan fingerprint density at radius 1 is 0.905 bits per heavy atom. The van der Waals surface area contributed by atoms with Gasteiger partial charge in [0.05, 0.1) is 0 Å². The molecule has 2 aromatic carbocycles. The maximum Gasteiger partial charge on any atom is 0.220 e. The van der Waals surface area contributed by atoms with Crippen LogP contribution in [-0.2, 0) is 4.79 Å². The Hall–Kier alpha value is -2.29. The summed E-state index contributed by atoms with van der Waals surface area (Å²) >= 11 is 0. The predicted octanol–water partition coefficient (Wildman–Crippen LogP) is 3.06. The molecule has 1 saturated heterocycles. The molecule has 2 N–H and O–H groups in total. The summed E-state index contributed by atoms with van der Waals surface area (Å²) in [5.74, 6) is -0.112. The zero-order valence-corrected chi connectivity index (χ0v) is 12.0. The molecular weight excluding hydrogens is 260 g/mol. The molecule has 1 aliphatic rings. The number of rotatable bonds is 3. The van der Waals surface area contributed by atoms with E-state index >= 15 is 0 Å². The fourth-order valence-electron chi connectivity index (χ4n) is 2.92. The third-order valence-corrected chi connectivity index (χ3v) is 4.24. The summed E-state index contributed by atoms with van der Waals surface area (Å²) in [5.41, 5.74) is 9.06. The van der Waals surface area contributed by atoms with Crippen molar-refractivity contribution in [1.82, 2.24) is 0 Å². The third kappa shape index (κ3) is 3.07. The number of hydrogen-bond acceptors (Lipinski definition) is 2. The average Bonchev–Trinajstić information content (AvgIpc) is 2.56. The first kappa shape index (κ1) is 13.7. The van der Waals surface area contributed by atoms with Crippen molar-refractivity contribution in [2.75, 3.05) is 18.0 Å². The molecule has 0 spiro atoms. The van der Waals surface area contributed by atoms with Crippen molar-refractivity contribution in [3.05, 3.63) is 54.6 Å². The fraction of sp³-hybridized carbons (Fsp3) is 0.278. The van der Waals surface area contributed by atoms with Crippen molar-refractivity contribution in [1.29, 1.82) is 0 Å². The molecule has 1 amide bonds. The van der Waals surface area contributed by atoms with Gasteiger partial charge < -0.3 is 10.6 Å². The molecule has 0 bridgehead atoms. The molecule has 0 aliphatic carbocycles. The molecule has 1 heterocycles. The minimum absolute atomic E-state index is 0.0461. The highest BCUT2D eigenvalue weighted by molar-refractivity contribution is 5.77. The van der Waals surface area contributed by atoms with Gasteiger partial charge >= 0.3 is 0 Å². The highest BCUT2D eigenvalue weighted by Crippen LogP contribution is 2.26. The quantitative estimate of drug-likeness (QED) is 0.939. The van der Waals surface area contributed by atoms with E-state index in [4.69, 9.17) is 5.73 Å². The van der Waals surface area contributed by atoms with Crippen LogP contribution in [0.3, 0.4) is 0 Å². The van der Waals surface area contributed by atoms with Gasteiger partial charge in [0.15, 0.2) is 0 Å². The van der Waals surface area contributed by atoms with Gasteiger partial charge in [-0.1, -0.05) is 42.5 Å². The number of nitrogens with two attached hydrogens (primary N) is 1. The first-order valence-electron chi connectivity index (χ1n) is 7.44. The van der Waals surface area contributed by atoms with Crippen molar-refractivity contribution >= 4 is 11.6 Å². The van der Waals surface area contributed by atoms with Gasteiger partial charge in [-0.2, -0.15) is 0 Å². The number of piperidine rings is 1. The van der Waals surface area contributed by atoms with E-state index in [0.717, 1.165) is 25.9 Å². The van der Waals surface area contributed by atoms with Gasteiger partial charge in [0, 0.05) is 24.7 Å². The zero-order valence-electron chi connectivity index (χ0n) is 12.0. The topological polar surface area (TPSA) is 46.3 Å². The molecule has 0 saturated carbocycles. The SMILES string of the molecule is NC(=O)C1CCN(c2ccc(-c3ccccc3)cc2)CC1. The number of hydrogen-bond donors (Lipinski definition) is 1. The van der Waals surface area contributed by atoms with E-state index in [1.165, 1.54) is 16.8 Å². The van der Waals surface area contributed by atoms with Crippen molar-refractivity contribution in [3.63, 3.8) is 0 Å². The number of carbonyl (C=O) groups is 1. The molecule has 108 valence electrons. The van der Waals surface area contributed by atoms with Crippen LogP contribution < -0.4 is 10.6 Å². The van der Waals surface area contributed by atoms with Gasteiger partial charge in [0.2, 0.25) is 5.91 Å². The summed E-state index contributed by atoms with van der Waals surface area (Å²) in [6, 6.07) is 19.0. The lowest BCUT2D eigenvalue weighted by atomic mass is 9.95. The van der Waals surface area contributed by atoms with E-state index in [2.05, 4.69) is 53.4 Å². The highest BCUT2D eigenvalue weighted by Gasteiger charge is 2.23. The molecule has 0 atom stereocenters. The van der Waals surface area contributed by atoms with Crippen molar-refractivity contribution in [3.8, 4) is 11.1 Å². The molecule has 3 heteroatoms. The lowest BCUT2D eigenvalue weighted by molar-refractivity contribution is -0.122. The normalized spacial score (nSPS) is 15.9. The molecule has 1 aliphatic heterocycles. The molecular formula is C18H20N2O. The van der Waals surface area contributed by atoms with Gasteiger partial charge in [0.1, 0.15) is 0 Å². The highest BCUT2D eigenvalue weighted by atomic mass is 16.1. The first-order valence-corrected chi connectivity index (χ1v) is 7.44. The molecule has 3 nitrogen and oxygen atoms in total. The van der Waals surface area contributed by atoms with E-state index in [1.54, 1.807) is 0 Å². The minimum atomic E-state index is -0.158. The standard InChI is InChI=1S/C18H20N2O/c19-18(21)16-10-12-20(13-11-16)17-8-6-15(7-9-17)14-4-2-1-3-5-14/h1-9,16H,10-13H2,(H2,19,21). The van der Waals surface area contributed by atoms with Gasteiger partial charge in [0.25, 0.3) is 0 Å². The van der Waals surface area contributed by atoms with Crippen LogP contribution >= 0.6 is 0 Å². The predicted molar refractivity (Wildman–Crippen MR) is 86.0 cm³/mol. The van der Waals surface area contributed by atoms with Crippen LogP contribution in [0.1, 0.15) is 12.8 Å². The van der Waals surface area contributed by atoms with E-state index in [1.807, 2.05) is 6.07 Å². The molecule has 2 aromatic rings. The molecule has 21 heavy (non-hydrogen) atoms. The third-order valence-electron chi connectivity index (χ3n) is 4.24. The minimum Gasteiger partial charge on any atom is -0.371 e. The van der Waals surface area contributed by atoms with Crippen LogP contribution in [0, 0.1) is 5.92 Å². The van der Waals surface area contributed by atoms with Crippen LogP contribution in [0.4, 0.5) is 5.69 Å². The number of primary amides is 1. The lowest BCUT2D eigenvalue weighted by Crippen LogP contribution is -2.38. The number of benzene rings is 2. The zero-order chi connectivity index (χ0) is 14.7. The molecule has 0 unspecified atom stereocenters. The Balaban J connectivity index is 1.69. The Morgan fingerprint density at radius 2 is 1.48 bits per heavy atom. The monoisotopic (exact) mass is 280 g/mol. The number of amides is 1. The van der Waals surface area contributed by atoms with Crippen molar-refractivity contribution < 1.29 is 4.79 Å². The molecule has 0 radical (unpaired) electrons. The summed E-state index contributed by atoms with van der Waals surface area (Å²) in [6.07, 6.45) is 1.71. The van der Waals surface area contributed by atoms with Crippen LogP contribution in [0.15, 0.2) is 54.6 Å². The van der Waals surface area contributed by atoms with E-state index in [9.17, 15) is 4.79 Å². The maximum atomic E-state index is 11.2. The van der Waals surface area contributed by atoms with E-state index < -0.39 is 0 Å². The average molecular weight is 280 g/mol. The Kier molecular flexibility index (Phi) is 3.91. The van der Waals surface area contributed by atoms with E-state index in [-0.39, 0.29) is 11.8 Å². The Morgan fingerprint density at radius 3 is 2.05 bits per heavy atom. The second-order valence-electron chi connectivity index (χ2n) is 5.58. The molecule has 1 fully saturated rings. The second kappa shape index (κ2) is 6.00. The largest absolute Gasteiger partial charge is 0.371 e. The fourth-order valence-corrected chi connectivity index (χ4v) is 2.92. The first-order chi connectivity index (χ1) is 10.2. The summed E-state index contributed by atoms with van der Waals surface area (Å²) in [6.45, 7) is 1.80. The van der Waals surface area contributed by atoms with Gasteiger partial charge in [-0.25, -0.2) is 0 Å². The summed E-state index contributed by atoms with van der Waals surface area (Å²) in [4.78, 5) is 13.5. The lowest BCUT2D eigenvalue weighted by Gasteiger charge is -2.32. The van der Waals surface area contributed by atoms with Crippen LogP contribution in [0.2, 0.25) is 0 Å². The van der Waals surface area contributed by atoms with Crippen molar-refractivity contribution in [2.24, 2.45) is 11.7 Å². The summed E-state index contributed by atoms with van der Waals surface area (Å²) < 4.78 is 0. The maximum absolute atomic E-state index is 11.2. The Bertz CT molecular complexity index is 599. The van der Waals surface area contributed by atoms with Crippen molar-refractivity contribution in [2.45, 2.75) is 12.8 Å². The molecule has 0 aromatic heterocycles.